The number of halogens is 1. The first-order valence-electron chi connectivity index (χ1n) is 11.3. The van der Waals surface area contributed by atoms with Crippen molar-refractivity contribution < 1.29 is 46.8 Å². The van der Waals surface area contributed by atoms with Crippen molar-refractivity contribution in [2.75, 3.05) is 27.4 Å². The number of nitrogens with one attached hydrogen (secondary N) is 1. The van der Waals surface area contributed by atoms with Gasteiger partial charge >= 0.3 is 11.9 Å². The van der Waals surface area contributed by atoms with Crippen LogP contribution in [0.5, 0.6) is 11.5 Å². The van der Waals surface area contributed by atoms with Gasteiger partial charge in [-0.1, -0.05) is 12.2 Å². The van der Waals surface area contributed by atoms with E-state index in [1.54, 1.807) is 0 Å². The van der Waals surface area contributed by atoms with Crippen molar-refractivity contribution in [2.24, 2.45) is 5.73 Å². The minimum atomic E-state index is -4.17. The summed E-state index contributed by atoms with van der Waals surface area (Å²) in [5.41, 5.74) is 2.27. The molecular formula is C26H33FN2O9S. The van der Waals surface area contributed by atoms with Crippen LogP contribution >= 0.6 is 0 Å². The lowest BCUT2D eigenvalue weighted by Crippen LogP contribution is -2.57. The van der Waals surface area contributed by atoms with Gasteiger partial charge in [-0.25, -0.2) is 22.4 Å². The van der Waals surface area contributed by atoms with Gasteiger partial charge in [0.25, 0.3) is 0 Å². The van der Waals surface area contributed by atoms with Gasteiger partial charge in [-0.15, -0.1) is 13.2 Å². The minimum absolute atomic E-state index is 0.148. The summed E-state index contributed by atoms with van der Waals surface area (Å²) >= 11 is 0. The van der Waals surface area contributed by atoms with Gasteiger partial charge in [0.2, 0.25) is 10.0 Å². The van der Waals surface area contributed by atoms with Gasteiger partial charge in [0.15, 0.2) is 5.54 Å². The molecule has 0 bridgehead atoms. The van der Waals surface area contributed by atoms with Crippen LogP contribution in [0.15, 0.2) is 78.7 Å². The Balaban J connectivity index is 0.000000584. The van der Waals surface area contributed by atoms with Crippen molar-refractivity contribution in [1.82, 2.24) is 4.72 Å². The summed E-state index contributed by atoms with van der Waals surface area (Å²) in [6.45, 7) is 5.64. The molecule has 0 aromatic heterocycles. The van der Waals surface area contributed by atoms with E-state index in [0.29, 0.717) is 11.5 Å². The van der Waals surface area contributed by atoms with Crippen molar-refractivity contribution in [2.45, 2.75) is 28.8 Å². The zero-order valence-corrected chi connectivity index (χ0v) is 22.4. The highest BCUT2D eigenvalue weighted by Crippen LogP contribution is 2.24. The lowest BCUT2D eigenvalue weighted by molar-refractivity contribution is -0.149. The average molecular weight is 569 g/mol. The van der Waals surface area contributed by atoms with Crippen molar-refractivity contribution in [3.8, 4) is 11.5 Å². The fourth-order valence-corrected chi connectivity index (χ4v) is 4.44. The molecule has 0 unspecified atom stereocenters. The smallest absolute Gasteiger partial charge is 0.329 e. The topological polar surface area (TPSA) is 174 Å². The molecule has 5 N–H and O–H groups in total. The van der Waals surface area contributed by atoms with Crippen LogP contribution in [0.25, 0.3) is 0 Å². The van der Waals surface area contributed by atoms with Crippen LogP contribution in [-0.4, -0.2) is 69.1 Å². The molecule has 0 aliphatic heterocycles. The van der Waals surface area contributed by atoms with E-state index in [1.165, 1.54) is 67.8 Å². The summed E-state index contributed by atoms with van der Waals surface area (Å²) in [4.78, 5) is 22.8. The van der Waals surface area contributed by atoms with Crippen molar-refractivity contribution in [1.29, 1.82) is 0 Å². The highest BCUT2D eigenvalue weighted by molar-refractivity contribution is 7.89. The molecule has 214 valence electrons. The number of aliphatic hydroxyl groups is 2. The Labute approximate surface area is 226 Å². The number of benzene rings is 2. The summed E-state index contributed by atoms with van der Waals surface area (Å²) in [6, 6.07) is 10.7. The van der Waals surface area contributed by atoms with Crippen LogP contribution in [0, 0.1) is 5.82 Å². The van der Waals surface area contributed by atoms with Gasteiger partial charge < -0.3 is 30.2 Å². The van der Waals surface area contributed by atoms with Crippen LogP contribution in [0.4, 0.5) is 4.39 Å². The number of esters is 2. The van der Waals surface area contributed by atoms with Crippen LogP contribution < -0.4 is 15.2 Å². The second kappa shape index (κ2) is 15.1. The van der Waals surface area contributed by atoms with Gasteiger partial charge in [-0.3, -0.25) is 0 Å². The Kier molecular flexibility index (Phi) is 12.9. The number of carbonyl (C=O) groups excluding carboxylic acids is 2. The van der Waals surface area contributed by atoms with Crippen molar-refractivity contribution >= 4 is 22.0 Å². The number of aliphatic hydroxyl groups excluding tert-OH is 2. The molecule has 0 spiro atoms. The Hall–Kier alpha value is -3.62. The molecule has 0 radical (unpaired) electrons. The van der Waals surface area contributed by atoms with Gasteiger partial charge in [0.1, 0.15) is 22.9 Å². The lowest BCUT2D eigenvalue weighted by Gasteiger charge is -2.28. The number of hydrogen-bond donors (Lipinski definition) is 4. The maximum absolute atomic E-state index is 12.9. The molecule has 0 fully saturated rings. The Morgan fingerprint density at radius 2 is 1.41 bits per heavy atom. The SMILES string of the molecule is C=CC[C@@](CO)(NS(=O)(=O)c1ccc(Oc2ccc(F)cc2)cc1)C(=O)OC.C=CC[C@](N)(CO)C(=O)OC. The second-order valence-corrected chi connectivity index (χ2v) is 9.84. The summed E-state index contributed by atoms with van der Waals surface area (Å²) in [6.07, 6.45) is 2.81. The number of methoxy groups -OCH3 is 2. The van der Waals surface area contributed by atoms with Gasteiger partial charge in [0.05, 0.1) is 32.3 Å². The molecule has 0 saturated heterocycles. The number of carbonyl (C=O) groups is 2. The Morgan fingerprint density at radius 1 is 0.923 bits per heavy atom. The lowest BCUT2D eigenvalue weighted by atomic mass is 9.98. The van der Waals surface area contributed by atoms with E-state index in [2.05, 4.69) is 27.4 Å². The fourth-order valence-electron chi connectivity index (χ4n) is 3.08. The summed E-state index contributed by atoms with van der Waals surface area (Å²) in [5.74, 6) is -1.25. The first-order valence-corrected chi connectivity index (χ1v) is 12.8. The van der Waals surface area contributed by atoms with E-state index in [9.17, 15) is 27.5 Å². The van der Waals surface area contributed by atoms with Crippen molar-refractivity contribution in [3.63, 3.8) is 0 Å². The largest absolute Gasteiger partial charge is 0.468 e. The predicted octanol–water partition coefficient (Wildman–Crippen LogP) is 1.80. The zero-order valence-electron chi connectivity index (χ0n) is 21.6. The molecule has 2 aromatic rings. The number of ether oxygens (including phenoxy) is 3. The molecule has 0 aliphatic rings. The second-order valence-electron chi connectivity index (χ2n) is 8.16. The first kappa shape index (κ1) is 33.4. The molecular weight excluding hydrogens is 535 g/mol. The van der Waals surface area contributed by atoms with E-state index >= 15 is 0 Å². The van der Waals surface area contributed by atoms with Crippen LogP contribution in [-0.2, 0) is 29.1 Å². The highest BCUT2D eigenvalue weighted by atomic mass is 32.2. The quantitative estimate of drug-likeness (QED) is 0.206. The summed E-state index contributed by atoms with van der Waals surface area (Å²) in [5, 5.41) is 18.4. The molecule has 11 nitrogen and oxygen atoms in total. The van der Waals surface area contributed by atoms with Crippen LogP contribution in [0.2, 0.25) is 0 Å². The molecule has 0 heterocycles. The van der Waals surface area contributed by atoms with Crippen LogP contribution in [0.1, 0.15) is 12.8 Å². The Bertz CT molecular complexity index is 1220. The molecule has 2 rings (SSSR count). The molecule has 13 heteroatoms. The number of sulfonamides is 1. The van der Waals surface area contributed by atoms with Gasteiger partial charge in [-0.2, -0.15) is 4.72 Å². The summed E-state index contributed by atoms with van der Waals surface area (Å²) in [7, 11) is -1.85. The molecule has 0 saturated carbocycles. The molecule has 0 amide bonds. The van der Waals surface area contributed by atoms with E-state index < -0.39 is 52.1 Å². The van der Waals surface area contributed by atoms with Crippen molar-refractivity contribution in [3.05, 3.63) is 79.7 Å². The van der Waals surface area contributed by atoms with E-state index in [-0.39, 0.29) is 17.7 Å². The number of hydrogen-bond acceptors (Lipinski definition) is 10. The predicted molar refractivity (Wildman–Crippen MR) is 141 cm³/mol. The average Bonchev–Trinajstić information content (AvgIpc) is 2.93. The molecule has 39 heavy (non-hydrogen) atoms. The standard InChI is InChI=1S/C19H20FNO6S.C7H13NO3/c1-3-12-19(13-22,18(23)26-2)21-28(24,25)17-10-8-16(9-11-17)27-15-6-4-14(20)5-7-15;1-3-4-7(8,5-9)6(10)11-2/h3-11,21-22H,1,12-13H2,2H3;3,9H,1,4-5,8H2,2H3/t19-;7-/m00/s1. The Morgan fingerprint density at radius 3 is 1.82 bits per heavy atom. The third kappa shape index (κ3) is 9.26. The van der Waals surface area contributed by atoms with E-state index in [0.717, 1.165) is 7.11 Å². The minimum Gasteiger partial charge on any atom is -0.468 e. The number of nitrogens with two attached hydrogens (primary N) is 1. The maximum Gasteiger partial charge on any atom is 0.329 e. The van der Waals surface area contributed by atoms with Gasteiger partial charge in [-0.05, 0) is 61.4 Å². The normalized spacial score (nSPS) is 13.9. The summed E-state index contributed by atoms with van der Waals surface area (Å²) < 4.78 is 55.0. The van der Waals surface area contributed by atoms with Gasteiger partial charge in [0, 0.05) is 0 Å². The van der Waals surface area contributed by atoms with E-state index in [4.69, 9.17) is 15.6 Å². The first-order chi connectivity index (χ1) is 18.4. The molecule has 2 atom stereocenters. The highest BCUT2D eigenvalue weighted by Gasteiger charge is 2.42. The third-order valence-electron chi connectivity index (χ3n) is 5.23. The monoisotopic (exact) mass is 568 g/mol. The van der Waals surface area contributed by atoms with E-state index in [1.807, 2.05) is 0 Å². The maximum atomic E-state index is 12.9. The van der Waals surface area contributed by atoms with Crippen LogP contribution in [0.3, 0.4) is 0 Å². The molecule has 2 aromatic carbocycles. The number of rotatable bonds is 13. The fraction of sp³-hybridized carbons (Fsp3) is 0.308. The molecule has 0 aliphatic carbocycles. The third-order valence-corrected chi connectivity index (χ3v) is 6.79. The zero-order chi connectivity index (χ0) is 29.7.